The monoisotopic (exact) mass is 146 g/mol. The Kier molecular flexibility index (Phi) is 1.86. The average Bonchev–Trinajstić information content (AvgIpc) is 2.34. The summed E-state index contributed by atoms with van der Waals surface area (Å²) >= 11 is 0. The lowest BCUT2D eigenvalue weighted by atomic mass is 10.2. The van der Waals surface area contributed by atoms with Crippen LogP contribution >= 0.6 is 0 Å². The van der Waals surface area contributed by atoms with Crippen LogP contribution in [0.3, 0.4) is 0 Å². The smallest absolute Gasteiger partial charge is 0.409 e. The second-order valence-electron chi connectivity index (χ2n) is 2.09. The van der Waals surface area contributed by atoms with Gasteiger partial charge >= 0.3 is 11.9 Å². The molecule has 0 spiro atoms. The average molecular weight is 146 g/mol. The highest BCUT2D eigenvalue weighted by atomic mass is 17.1. The Morgan fingerprint density at radius 3 is 2.90 bits per heavy atom. The Balaban J connectivity index is 2.52. The summed E-state index contributed by atoms with van der Waals surface area (Å²) in [5.74, 6) is -0.695. The highest BCUT2D eigenvalue weighted by Gasteiger charge is 2.32. The van der Waals surface area contributed by atoms with Gasteiger partial charge in [0.05, 0.1) is 6.42 Å². The first kappa shape index (κ1) is 7.01. The Bertz CT molecular complexity index is 176. The molecule has 5 heteroatoms. The number of carbonyl (C=O) groups excluding carboxylic acids is 1. The maximum Gasteiger partial charge on any atom is 0.409 e. The van der Waals surface area contributed by atoms with Gasteiger partial charge in [-0.3, -0.25) is 4.89 Å². The first-order valence-corrected chi connectivity index (χ1v) is 2.90. The van der Waals surface area contributed by atoms with Crippen LogP contribution < -0.4 is 4.99 Å². The normalized spacial score (nSPS) is 24.1. The molecule has 1 aliphatic rings. The standard InChI is InChI=1S/C5H7NO4/c7-4-2-1-3(6-4)5(8)10-9/h3,9H,1-2H2,(H,6,7)/p+1. The first-order chi connectivity index (χ1) is 4.74. The quantitative estimate of drug-likeness (QED) is 0.301. The minimum atomic E-state index is -0.760. The zero-order valence-electron chi connectivity index (χ0n) is 5.20. The SMILES string of the molecule is O=C(OO)C1CCC(O)=[NH+]1. The molecule has 0 bridgehead atoms. The molecule has 1 atom stereocenters. The molecule has 0 saturated carbocycles. The predicted molar refractivity (Wildman–Crippen MR) is 30.3 cm³/mol. The maximum absolute atomic E-state index is 10.5. The Hall–Kier alpha value is -1.10. The Labute approximate surface area is 56.9 Å². The number of hydrogen-bond acceptors (Lipinski definition) is 3. The van der Waals surface area contributed by atoms with E-state index in [1.807, 2.05) is 0 Å². The lowest BCUT2D eigenvalue weighted by Gasteiger charge is -1.93. The van der Waals surface area contributed by atoms with Crippen LogP contribution in [-0.2, 0) is 9.68 Å². The summed E-state index contributed by atoms with van der Waals surface area (Å²) in [6.45, 7) is 0. The number of carbonyl (C=O) groups is 1. The largest absolute Gasteiger partial charge is 0.464 e. The zero-order chi connectivity index (χ0) is 7.56. The van der Waals surface area contributed by atoms with E-state index in [1.165, 1.54) is 0 Å². The molecule has 1 aliphatic heterocycles. The van der Waals surface area contributed by atoms with Gasteiger partial charge in [0.2, 0.25) is 0 Å². The number of rotatable bonds is 1. The van der Waals surface area contributed by atoms with Crippen molar-refractivity contribution in [3.8, 4) is 0 Å². The molecule has 1 unspecified atom stereocenters. The van der Waals surface area contributed by atoms with Gasteiger partial charge in [-0.25, -0.2) is 9.79 Å². The molecule has 1 rings (SSSR count). The molecule has 0 saturated heterocycles. The molecule has 0 aromatic carbocycles. The van der Waals surface area contributed by atoms with Crippen LogP contribution in [0.25, 0.3) is 0 Å². The van der Waals surface area contributed by atoms with Crippen LogP contribution in [0.5, 0.6) is 0 Å². The van der Waals surface area contributed by atoms with Gasteiger partial charge in [-0.05, 0) is 0 Å². The van der Waals surface area contributed by atoms with Crippen molar-refractivity contribution in [1.82, 2.24) is 0 Å². The molecule has 3 N–H and O–H groups in total. The van der Waals surface area contributed by atoms with E-state index in [9.17, 15) is 4.79 Å². The van der Waals surface area contributed by atoms with E-state index in [0.717, 1.165) is 0 Å². The van der Waals surface area contributed by atoms with Crippen LogP contribution in [-0.4, -0.2) is 28.3 Å². The van der Waals surface area contributed by atoms with E-state index >= 15 is 0 Å². The summed E-state index contributed by atoms with van der Waals surface area (Å²) in [6.07, 6.45) is 0.894. The van der Waals surface area contributed by atoms with E-state index in [0.29, 0.717) is 12.8 Å². The van der Waals surface area contributed by atoms with Crippen molar-refractivity contribution >= 4 is 11.9 Å². The number of aliphatic hydroxyl groups excluding tert-OH is 1. The molecule has 56 valence electrons. The van der Waals surface area contributed by atoms with E-state index in [-0.39, 0.29) is 5.90 Å². The summed E-state index contributed by atoms with van der Waals surface area (Å²) in [6, 6.07) is -0.593. The highest BCUT2D eigenvalue weighted by Crippen LogP contribution is 1.97. The number of hydrogen-bond donors (Lipinski definition) is 3. The summed E-state index contributed by atoms with van der Waals surface area (Å²) in [7, 11) is 0. The van der Waals surface area contributed by atoms with Gasteiger partial charge in [-0.2, -0.15) is 5.26 Å². The first-order valence-electron chi connectivity index (χ1n) is 2.90. The van der Waals surface area contributed by atoms with Crippen LogP contribution in [0, 0.1) is 0 Å². The van der Waals surface area contributed by atoms with Crippen molar-refractivity contribution in [2.24, 2.45) is 0 Å². The fraction of sp³-hybridized carbons (Fsp3) is 0.600. The van der Waals surface area contributed by atoms with Crippen molar-refractivity contribution in [1.29, 1.82) is 0 Å². The van der Waals surface area contributed by atoms with E-state index in [2.05, 4.69) is 9.88 Å². The summed E-state index contributed by atoms with van der Waals surface area (Å²) < 4.78 is 0. The highest BCUT2D eigenvalue weighted by molar-refractivity contribution is 5.78. The fourth-order valence-electron chi connectivity index (χ4n) is 0.867. The van der Waals surface area contributed by atoms with Gasteiger partial charge in [-0.1, -0.05) is 0 Å². The molecule has 0 radical (unpaired) electrons. The molecule has 0 aliphatic carbocycles. The molecule has 5 nitrogen and oxygen atoms in total. The van der Waals surface area contributed by atoms with Crippen molar-refractivity contribution in [2.45, 2.75) is 18.9 Å². The van der Waals surface area contributed by atoms with Gasteiger partial charge in [0.15, 0.2) is 0 Å². The molecule has 0 aromatic heterocycles. The van der Waals surface area contributed by atoms with Crippen LogP contribution in [0.15, 0.2) is 0 Å². The molecule has 10 heavy (non-hydrogen) atoms. The third-order valence-corrected chi connectivity index (χ3v) is 1.39. The third-order valence-electron chi connectivity index (χ3n) is 1.39. The minimum Gasteiger partial charge on any atom is -0.464 e. The van der Waals surface area contributed by atoms with Gasteiger partial charge in [0, 0.05) is 6.42 Å². The Morgan fingerprint density at radius 2 is 2.50 bits per heavy atom. The lowest BCUT2D eigenvalue weighted by molar-refractivity contribution is -0.492. The summed E-state index contributed by atoms with van der Waals surface area (Å²) in [5, 5.41) is 16.7. The van der Waals surface area contributed by atoms with Crippen LogP contribution in [0.1, 0.15) is 12.8 Å². The fourth-order valence-corrected chi connectivity index (χ4v) is 0.867. The molecule has 0 amide bonds. The topological polar surface area (TPSA) is 80.7 Å². The van der Waals surface area contributed by atoms with Crippen molar-refractivity contribution in [3.63, 3.8) is 0 Å². The molecular formula is C5H8NO4+. The van der Waals surface area contributed by atoms with E-state index in [1.54, 1.807) is 0 Å². The van der Waals surface area contributed by atoms with Crippen LogP contribution in [0.2, 0.25) is 0 Å². The van der Waals surface area contributed by atoms with Crippen molar-refractivity contribution < 1.29 is 25.0 Å². The van der Waals surface area contributed by atoms with Crippen molar-refractivity contribution in [2.75, 3.05) is 0 Å². The van der Waals surface area contributed by atoms with Gasteiger partial charge in [0.25, 0.3) is 6.04 Å². The van der Waals surface area contributed by atoms with Crippen molar-refractivity contribution in [3.05, 3.63) is 0 Å². The molecule has 0 fully saturated rings. The number of aliphatic hydroxyl groups is 1. The minimum absolute atomic E-state index is 0.0652. The summed E-state index contributed by atoms with van der Waals surface area (Å²) in [5.41, 5.74) is 0. The Morgan fingerprint density at radius 1 is 1.80 bits per heavy atom. The van der Waals surface area contributed by atoms with Gasteiger partial charge in [0.1, 0.15) is 0 Å². The summed E-state index contributed by atoms with van der Waals surface area (Å²) in [4.78, 5) is 16.4. The molecule has 1 heterocycles. The van der Waals surface area contributed by atoms with Crippen LogP contribution in [0.4, 0.5) is 0 Å². The maximum atomic E-state index is 10.5. The second kappa shape index (κ2) is 2.66. The van der Waals surface area contributed by atoms with E-state index in [4.69, 9.17) is 10.4 Å². The predicted octanol–water partition coefficient (Wildman–Crippen LogP) is -1.80. The van der Waals surface area contributed by atoms with Gasteiger partial charge in [-0.15, -0.1) is 0 Å². The lowest BCUT2D eigenvalue weighted by Crippen LogP contribution is -2.78. The zero-order valence-corrected chi connectivity index (χ0v) is 5.20. The molecule has 0 aromatic rings. The van der Waals surface area contributed by atoms with Gasteiger partial charge < -0.3 is 5.11 Å². The molecular weight excluding hydrogens is 138 g/mol. The van der Waals surface area contributed by atoms with E-state index < -0.39 is 12.0 Å². The second-order valence-corrected chi connectivity index (χ2v) is 2.09. The number of nitrogens with one attached hydrogen (secondary N) is 1. The third kappa shape index (κ3) is 1.24.